The fourth-order valence-corrected chi connectivity index (χ4v) is 2.20. The number of benzene rings is 1. The number of hydrogen-bond acceptors (Lipinski definition) is 2. The molecular weight excluding hydrogens is 321 g/mol. The molecule has 0 unspecified atom stereocenters. The standard InChI is InChI=1S/C13H8BrClFNO/c14-9-4-2-6-17-13(9)11(18)7-8-3-1-5-10(16)12(8)15/h1-6H,7H2. The van der Waals surface area contributed by atoms with Gasteiger partial charge in [-0.3, -0.25) is 9.78 Å². The Morgan fingerprint density at radius 2 is 2.11 bits per heavy atom. The summed E-state index contributed by atoms with van der Waals surface area (Å²) in [5, 5.41) is -0.0158. The second-order valence-electron chi connectivity index (χ2n) is 3.65. The van der Waals surface area contributed by atoms with Gasteiger partial charge in [0.25, 0.3) is 0 Å². The summed E-state index contributed by atoms with van der Waals surface area (Å²) in [6.07, 6.45) is 1.55. The van der Waals surface area contributed by atoms with Crippen LogP contribution in [0, 0.1) is 5.82 Å². The van der Waals surface area contributed by atoms with E-state index >= 15 is 0 Å². The van der Waals surface area contributed by atoms with E-state index in [0.717, 1.165) is 0 Å². The number of halogens is 3. The molecule has 0 bridgehead atoms. The van der Waals surface area contributed by atoms with Crippen LogP contribution in [0.25, 0.3) is 0 Å². The van der Waals surface area contributed by atoms with E-state index in [1.165, 1.54) is 18.3 Å². The highest BCUT2D eigenvalue weighted by Gasteiger charge is 2.15. The molecule has 1 heterocycles. The van der Waals surface area contributed by atoms with E-state index in [-0.39, 0.29) is 17.2 Å². The summed E-state index contributed by atoms with van der Waals surface area (Å²) < 4.78 is 13.9. The van der Waals surface area contributed by atoms with Crippen molar-refractivity contribution in [3.8, 4) is 0 Å². The molecule has 0 aliphatic rings. The van der Waals surface area contributed by atoms with Crippen molar-refractivity contribution in [1.29, 1.82) is 0 Å². The molecule has 0 N–H and O–H groups in total. The molecule has 0 radical (unpaired) electrons. The Bertz CT molecular complexity index is 603. The summed E-state index contributed by atoms with van der Waals surface area (Å²) >= 11 is 9.06. The lowest BCUT2D eigenvalue weighted by Crippen LogP contribution is -2.07. The van der Waals surface area contributed by atoms with Gasteiger partial charge in [0, 0.05) is 17.1 Å². The van der Waals surface area contributed by atoms with E-state index in [0.29, 0.717) is 15.7 Å². The van der Waals surface area contributed by atoms with Gasteiger partial charge in [-0.05, 0) is 39.7 Å². The minimum absolute atomic E-state index is 0.0158. The average molecular weight is 329 g/mol. The predicted molar refractivity (Wildman–Crippen MR) is 71.4 cm³/mol. The maximum absolute atomic E-state index is 13.2. The van der Waals surface area contributed by atoms with Crippen LogP contribution in [0.15, 0.2) is 41.0 Å². The van der Waals surface area contributed by atoms with Gasteiger partial charge in [-0.1, -0.05) is 23.7 Å². The van der Waals surface area contributed by atoms with Gasteiger partial charge in [0.15, 0.2) is 5.78 Å². The van der Waals surface area contributed by atoms with Gasteiger partial charge in [0.05, 0.1) is 5.02 Å². The largest absolute Gasteiger partial charge is 0.292 e. The minimum atomic E-state index is -0.526. The summed E-state index contributed by atoms with van der Waals surface area (Å²) in [7, 11) is 0. The van der Waals surface area contributed by atoms with Crippen LogP contribution in [-0.2, 0) is 6.42 Å². The van der Waals surface area contributed by atoms with Gasteiger partial charge >= 0.3 is 0 Å². The molecule has 0 fully saturated rings. The number of carbonyl (C=O) groups excluding carboxylic acids is 1. The maximum atomic E-state index is 13.2. The summed E-state index contributed by atoms with van der Waals surface area (Å²) in [5.41, 5.74) is 0.775. The number of ketones is 1. The van der Waals surface area contributed by atoms with Crippen LogP contribution in [-0.4, -0.2) is 10.8 Å². The first kappa shape index (κ1) is 13.2. The van der Waals surface area contributed by atoms with Crippen molar-refractivity contribution in [3.63, 3.8) is 0 Å². The Labute approximate surface area is 117 Å². The molecule has 0 atom stereocenters. The van der Waals surface area contributed by atoms with Crippen molar-refractivity contribution in [2.24, 2.45) is 0 Å². The monoisotopic (exact) mass is 327 g/mol. The molecule has 2 aromatic rings. The lowest BCUT2D eigenvalue weighted by Gasteiger charge is -2.05. The second-order valence-corrected chi connectivity index (χ2v) is 4.88. The first-order chi connectivity index (χ1) is 8.59. The molecule has 0 aliphatic carbocycles. The van der Waals surface area contributed by atoms with Crippen LogP contribution in [0.1, 0.15) is 16.1 Å². The van der Waals surface area contributed by atoms with Gasteiger partial charge < -0.3 is 0 Å². The lowest BCUT2D eigenvalue weighted by atomic mass is 10.1. The highest BCUT2D eigenvalue weighted by atomic mass is 79.9. The van der Waals surface area contributed by atoms with E-state index in [9.17, 15) is 9.18 Å². The van der Waals surface area contributed by atoms with E-state index in [1.807, 2.05) is 0 Å². The van der Waals surface area contributed by atoms with E-state index in [4.69, 9.17) is 11.6 Å². The Hall–Kier alpha value is -1.26. The second kappa shape index (κ2) is 5.59. The summed E-state index contributed by atoms with van der Waals surface area (Å²) in [6.45, 7) is 0. The normalized spacial score (nSPS) is 10.4. The number of Topliss-reactive ketones (excluding diaryl/α,β-unsaturated/α-hetero) is 1. The number of aromatic nitrogens is 1. The highest BCUT2D eigenvalue weighted by Crippen LogP contribution is 2.22. The molecule has 1 aromatic carbocycles. The van der Waals surface area contributed by atoms with Gasteiger partial charge in [0.2, 0.25) is 0 Å². The molecule has 1 aromatic heterocycles. The van der Waals surface area contributed by atoms with E-state index in [2.05, 4.69) is 20.9 Å². The van der Waals surface area contributed by atoms with Gasteiger partial charge in [-0.15, -0.1) is 0 Å². The first-order valence-electron chi connectivity index (χ1n) is 5.16. The smallest absolute Gasteiger partial charge is 0.186 e. The third-order valence-corrected chi connectivity index (χ3v) is 3.47. The maximum Gasteiger partial charge on any atom is 0.186 e. The topological polar surface area (TPSA) is 30.0 Å². The molecule has 0 aliphatic heterocycles. The van der Waals surface area contributed by atoms with Crippen molar-refractivity contribution >= 4 is 33.3 Å². The zero-order chi connectivity index (χ0) is 13.1. The molecule has 2 rings (SSSR count). The quantitative estimate of drug-likeness (QED) is 0.795. The Morgan fingerprint density at radius 3 is 2.83 bits per heavy atom. The lowest BCUT2D eigenvalue weighted by molar-refractivity contribution is 0.0987. The van der Waals surface area contributed by atoms with Gasteiger partial charge in [-0.25, -0.2) is 4.39 Å². The zero-order valence-electron chi connectivity index (χ0n) is 9.16. The van der Waals surface area contributed by atoms with Crippen LogP contribution in [0.4, 0.5) is 4.39 Å². The summed E-state index contributed by atoms with van der Waals surface area (Å²) in [5.74, 6) is -0.739. The Kier molecular flexibility index (Phi) is 4.09. The molecular formula is C13H8BrClFNO. The third kappa shape index (κ3) is 2.76. The van der Waals surface area contributed by atoms with Crippen molar-refractivity contribution in [3.05, 3.63) is 63.1 Å². The summed E-state index contributed by atoms with van der Waals surface area (Å²) in [6, 6.07) is 7.86. The van der Waals surface area contributed by atoms with Crippen molar-refractivity contribution < 1.29 is 9.18 Å². The van der Waals surface area contributed by atoms with E-state index < -0.39 is 5.82 Å². The fourth-order valence-electron chi connectivity index (χ4n) is 1.53. The Morgan fingerprint density at radius 1 is 1.33 bits per heavy atom. The Balaban J connectivity index is 2.27. The van der Waals surface area contributed by atoms with Crippen LogP contribution >= 0.6 is 27.5 Å². The molecule has 5 heteroatoms. The third-order valence-electron chi connectivity index (χ3n) is 2.41. The average Bonchev–Trinajstić information content (AvgIpc) is 2.35. The molecule has 2 nitrogen and oxygen atoms in total. The zero-order valence-corrected chi connectivity index (χ0v) is 11.5. The molecule has 18 heavy (non-hydrogen) atoms. The predicted octanol–water partition coefficient (Wildman–Crippen LogP) is 4.06. The van der Waals surface area contributed by atoms with Crippen LogP contribution in [0.2, 0.25) is 5.02 Å². The first-order valence-corrected chi connectivity index (χ1v) is 6.33. The molecule has 92 valence electrons. The molecule has 0 spiro atoms. The highest BCUT2D eigenvalue weighted by molar-refractivity contribution is 9.10. The van der Waals surface area contributed by atoms with Crippen molar-refractivity contribution in [2.45, 2.75) is 6.42 Å². The van der Waals surface area contributed by atoms with Crippen LogP contribution in [0.3, 0.4) is 0 Å². The number of rotatable bonds is 3. The van der Waals surface area contributed by atoms with E-state index in [1.54, 1.807) is 18.2 Å². The molecule has 0 saturated carbocycles. The SMILES string of the molecule is O=C(Cc1cccc(F)c1Cl)c1ncccc1Br. The number of carbonyl (C=O) groups is 1. The number of nitrogens with zero attached hydrogens (tertiary/aromatic N) is 1. The number of hydrogen-bond donors (Lipinski definition) is 0. The fraction of sp³-hybridized carbons (Fsp3) is 0.0769. The molecule has 0 amide bonds. The van der Waals surface area contributed by atoms with Crippen molar-refractivity contribution in [2.75, 3.05) is 0 Å². The van der Waals surface area contributed by atoms with Crippen LogP contribution < -0.4 is 0 Å². The molecule has 0 saturated heterocycles. The van der Waals surface area contributed by atoms with Gasteiger partial charge in [-0.2, -0.15) is 0 Å². The number of pyridine rings is 1. The van der Waals surface area contributed by atoms with Crippen molar-refractivity contribution in [1.82, 2.24) is 4.98 Å². The minimum Gasteiger partial charge on any atom is -0.292 e. The van der Waals surface area contributed by atoms with Gasteiger partial charge in [0.1, 0.15) is 11.5 Å². The van der Waals surface area contributed by atoms with Crippen LogP contribution in [0.5, 0.6) is 0 Å². The summed E-state index contributed by atoms with van der Waals surface area (Å²) in [4.78, 5) is 16.0.